The number of nitrogens with zero attached hydrogens (tertiary/aromatic N) is 3. The molecule has 7 heteroatoms. The van der Waals surface area contributed by atoms with Crippen molar-refractivity contribution in [3.63, 3.8) is 0 Å². The number of thioether (sulfide) groups is 1. The Kier molecular flexibility index (Phi) is 5.70. The van der Waals surface area contributed by atoms with Gasteiger partial charge in [0.25, 0.3) is 0 Å². The number of nitrogens with two attached hydrogens (primary N) is 1. The first-order valence-corrected chi connectivity index (χ1v) is 8.33. The fraction of sp³-hybridized carbons (Fsp3) is 0.750. The van der Waals surface area contributed by atoms with Crippen molar-refractivity contribution in [3.05, 3.63) is 16.4 Å². The van der Waals surface area contributed by atoms with Crippen molar-refractivity contribution in [1.29, 1.82) is 0 Å². The maximum absolute atomic E-state index is 6.49. The van der Waals surface area contributed by atoms with E-state index >= 15 is 0 Å². The van der Waals surface area contributed by atoms with Crippen LogP contribution in [0.2, 0.25) is 0 Å². The van der Waals surface area contributed by atoms with Crippen molar-refractivity contribution in [2.45, 2.75) is 18.6 Å². The molecule has 0 aliphatic carbocycles. The minimum absolute atomic E-state index is 0.0356. The molecule has 2 heterocycles. The largest absolute Gasteiger partial charge is 0.383 e. The maximum Gasteiger partial charge on any atom is 0.0710 e. The zero-order valence-corrected chi connectivity index (χ0v) is 13.8. The molecule has 2 atom stereocenters. The molecule has 0 bridgehead atoms. The number of hydrogen-bond acceptors (Lipinski definition) is 5. The molecule has 1 fully saturated rings. The van der Waals surface area contributed by atoms with Gasteiger partial charge in [-0.15, -0.1) is 0 Å². The minimum Gasteiger partial charge on any atom is -0.383 e. The summed E-state index contributed by atoms with van der Waals surface area (Å²) in [5.41, 5.74) is 7.56. The van der Waals surface area contributed by atoms with E-state index in [1.54, 1.807) is 7.11 Å². The van der Waals surface area contributed by atoms with E-state index in [9.17, 15) is 0 Å². The number of aromatic nitrogens is 2. The van der Waals surface area contributed by atoms with Crippen LogP contribution in [0.1, 0.15) is 11.7 Å². The van der Waals surface area contributed by atoms with Gasteiger partial charge in [0.2, 0.25) is 0 Å². The van der Waals surface area contributed by atoms with Crippen molar-refractivity contribution in [2.24, 2.45) is 5.73 Å². The Balaban J connectivity index is 2.17. The lowest BCUT2D eigenvalue weighted by molar-refractivity contribution is 0.179. The highest BCUT2D eigenvalue weighted by atomic mass is 79.9. The number of ether oxygens (including phenoxy) is 1. The zero-order chi connectivity index (χ0) is 13.8. The Hall–Kier alpha value is -0.0800. The molecule has 1 aromatic rings. The molecule has 0 amide bonds. The first-order valence-electron chi connectivity index (χ1n) is 6.39. The molecule has 0 radical (unpaired) electrons. The van der Waals surface area contributed by atoms with Crippen molar-refractivity contribution in [3.8, 4) is 0 Å². The maximum atomic E-state index is 6.49. The molecule has 2 unspecified atom stereocenters. The summed E-state index contributed by atoms with van der Waals surface area (Å²) in [6.07, 6.45) is 1.82. The van der Waals surface area contributed by atoms with E-state index in [0.29, 0.717) is 12.6 Å². The van der Waals surface area contributed by atoms with E-state index in [2.05, 4.69) is 33.0 Å². The first-order chi connectivity index (χ1) is 9.15. The van der Waals surface area contributed by atoms with Gasteiger partial charge in [-0.2, -0.15) is 16.9 Å². The van der Waals surface area contributed by atoms with Crippen LogP contribution in [-0.4, -0.2) is 59.5 Å². The van der Waals surface area contributed by atoms with Crippen LogP contribution in [0.15, 0.2) is 10.7 Å². The van der Waals surface area contributed by atoms with Crippen LogP contribution in [-0.2, 0) is 11.3 Å². The number of rotatable bonds is 5. The summed E-state index contributed by atoms with van der Waals surface area (Å²) >= 11 is 5.54. The predicted molar refractivity (Wildman–Crippen MR) is 82.5 cm³/mol. The highest BCUT2D eigenvalue weighted by molar-refractivity contribution is 9.10. The lowest BCUT2D eigenvalue weighted by atomic mass is 10.1. The Labute approximate surface area is 127 Å². The number of methoxy groups -OCH3 is 1. The summed E-state index contributed by atoms with van der Waals surface area (Å²) in [6, 6.07) is 0.319. The molecule has 1 aliphatic heterocycles. The van der Waals surface area contributed by atoms with E-state index < -0.39 is 0 Å². The third kappa shape index (κ3) is 3.52. The van der Waals surface area contributed by atoms with Crippen LogP contribution in [0, 0.1) is 0 Å². The SMILES string of the molecule is COCCn1ncc(Br)c1C(N)C1CSCCN1C. The summed E-state index contributed by atoms with van der Waals surface area (Å²) in [7, 11) is 3.84. The van der Waals surface area contributed by atoms with Gasteiger partial charge >= 0.3 is 0 Å². The Morgan fingerprint density at radius 1 is 1.68 bits per heavy atom. The van der Waals surface area contributed by atoms with E-state index in [0.717, 1.165) is 29.0 Å². The van der Waals surface area contributed by atoms with Gasteiger partial charge in [0, 0.05) is 31.2 Å². The second kappa shape index (κ2) is 7.08. The normalized spacial score (nSPS) is 22.6. The molecule has 19 heavy (non-hydrogen) atoms. The monoisotopic (exact) mass is 348 g/mol. The highest BCUT2D eigenvalue weighted by Gasteiger charge is 2.30. The lowest BCUT2D eigenvalue weighted by Crippen LogP contribution is -2.46. The Bertz CT molecular complexity index is 414. The zero-order valence-electron chi connectivity index (χ0n) is 11.4. The molecule has 5 nitrogen and oxygen atoms in total. The Morgan fingerprint density at radius 2 is 2.47 bits per heavy atom. The number of halogens is 1. The molecular weight excluding hydrogens is 328 g/mol. The standard InChI is InChI=1S/C12H21BrN4OS/c1-16-4-6-19-8-10(16)11(14)12-9(13)7-15-17(12)3-5-18-2/h7,10-11H,3-6,8,14H2,1-2H3. The topological polar surface area (TPSA) is 56.3 Å². The Morgan fingerprint density at radius 3 is 3.16 bits per heavy atom. The molecule has 0 saturated carbocycles. The second-order valence-electron chi connectivity index (χ2n) is 4.74. The summed E-state index contributed by atoms with van der Waals surface area (Å²) < 4.78 is 8.06. The van der Waals surface area contributed by atoms with E-state index in [-0.39, 0.29) is 6.04 Å². The van der Waals surface area contributed by atoms with Gasteiger partial charge in [-0.3, -0.25) is 9.58 Å². The first kappa shape index (κ1) is 15.3. The van der Waals surface area contributed by atoms with E-state index in [1.807, 2.05) is 22.6 Å². The van der Waals surface area contributed by atoms with Gasteiger partial charge in [0.15, 0.2) is 0 Å². The summed E-state index contributed by atoms with van der Waals surface area (Å²) in [5, 5.41) is 4.38. The molecular formula is C12H21BrN4OS. The third-order valence-electron chi connectivity index (χ3n) is 3.51. The van der Waals surface area contributed by atoms with Crippen LogP contribution < -0.4 is 5.73 Å². The lowest BCUT2D eigenvalue weighted by Gasteiger charge is -2.36. The predicted octanol–water partition coefficient (Wildman–Crippen LogP) is 1.34. The van der Waals surface area contributed by atoms with Gasteiger partial charge in [-0.1, -0.05) is 0 Å². The van der Waals surface area contributed by atoms with Gasteiger partial charge in [0.05, 0.1) is 35.6 Å². The summed E-state index contributed by atoms with van der Waals surface area (Å²) in [4.78, 5) is 2.35. The fourth-order valence-corrected chi connectivity index (χ4v) is 4.17. The van der Waals surface area contributed by atoms with Crippen LogP contribution in [0.4, 0.5) is 0 Å². The molecule has 1 aromatic heterocycles. The second-order valence-corrected chi connectivity index (χ2v) is 6.75. The third-order valence-corrected chi connectivity index (χ3v) is 5.17. The van der Waals surface area contributed by atoms with Crippen LogP contribution >= 0.6 is 27.7 Å². The molecule has 2 N–H and O–H groups in total. The van der Waals surface area contributed by atoms with E-state index in [4.69, 9.17) is 10.5 Å². The van der Waals surface area contributed by atoms with Gasteiger partial charge in [0.1, 0.15) is 0 Å². The smallest absolute Gasteiger partial charge is 0.0710 e. The summed E-state index contributed by atoms with van der Waals surface area (Å²) in [5.74, 6) is 2.25. The van der Waals surface area contributed by atoms with E-state index in [1.165, 1.54) is 5.75 Å². The van der Waals surface area contributed by atoms with Crippen LogP contribution in [0.5, 0.6) is 0 Å². The van der Waals surface area contributed by atoms with Crippen LogP contribution in [0.25, 0.3) is 0 Å². The van der Waals surface area contributed by atoms with Crippen LogP contribution in [0.3, 0.4) is 0 Å². The quantitative estimate of drug-likeness (QED) is 0.870. The summed E-state index contributed by atoms with van der Waals surface area (Å²) in [6.45, 7) is 2.46. The minimum atomic E-state index is -0.0356. The average molecular weight is 349 g/mol. The number of hydrogen-bond donors (Lipinski definition) is 1. The van der Waals surface area contributed by atoms with Crippen molar-refractivity contribution in [2.75, 3.05) is 38.8 Å². The molecule has 0 spiro atoms. The van der Waals surface area contributed by atoms with Gasteiger partial charge in [-0.05, 0) is 23.0 Å². The molecule has 1 saturated heterocycles. The fourth-order valence-electron chi connectivity index (χ4n) is 2.32. The van der Waals surface area contributed by atoms with Gasteiger partial charge in [-0.25, -0.2) is 0 Å². The number of likely N-dealkylation sites (N-methyl/N-ethyl adjacent to an activating group) is 1. The molecule has 2 rings (SSSR count). The van der Waals surface area contributed by atoms with Crippen molar-refractivity contribution >= 4 is 27.7 Å². The van der Waals surface area contributed by atoms with Crippen molar-refractivity contribution < 1.29 is 4.74 Å². The van der Waals surface area contributed by atoms with Crippen molar-refractivity contribution in [1.82, 2.24) is 14.7 Å². The molecule has 1 aliphatic rings. The van der Waals surface area contributed by atoms with Gasteiger partial charge < -0.3 is 10.5 Å². The molecule has 108 valence electrons. The average Bonchev–Trinajstić information content (AvgIpc) is 2.77. The highest BCUT2D eigenvalue weighted by Crippen LogP contribution is 2.29. The molecule has 0 aromatic carbocycles.